The van der Waals surface area contributed by atoms with Gasteiger partial charge < -0.3 is 10.3 Å². The third-order valence-corrected chi connectivity index (χ3v) is 3.95. The van der Waals surface area contributed by atoms with Crippen molar-refractivity contribution in [3.63, 3.8) is 0 Å². The van der Waals surface area contributed by atoms with Crippen LogP contribution in [0.1, 0.15) is 51.0 Å². The maximum absolute atomic E-state index is 3.57. The Morgan fingerprint density at radius 3 is 2.65 bits per heavy atom. The minimum absolute atomic E-state index is 1.08. The number of fused-ring (bicyclic) bond motifs is 1. The summed E-state index contributed by atoms with van der Waals surface area (Å²) in [6, 6.07) is 8.54. The fraction of sp³-hybridized carbons (Fsp3) is 0.556. The lowest BCUT2D eigenvalue weighted by Gasteiger charge is -2.04. The summed E-state index contributed by atoms with van der Waals surface area (Å²) in [5.41, 5.74) is 2.68. The second-order valence-electron chi connectivity index (χ2n) is 5.63. The molecule has 0 saturated heterocycles. The van der Waals surface area contributed by atoms with Gasteiger partial charge >= 0.3 is 0 Å². The zero-order chi connectivity index (χ0) is 14.0. The van der Waals surface area contributed by atoms with Crippen molar-refractivity contribution in [1.29, 1.82) is 0 Å². The van der Waals surface area contributed by atoms with Crippen LogP contribution < -0.4 is 5.32 Å². The summed E-state index contributed by atoms with van der Waals surface area (Å²) in [5.74, 6) is 0. The molecule has 2 rings (SSSR count). The number of hydrogen-bond donors (Lipinski definition) is 2. The van der Waals surface area contributed by atoms with Crippen LogP contribution in [0.2, 0.25) is 0 Å². The van der Waals surface area contributed by atoms with Crippen LogP contribution in [0.3, 0.4) is 0 Å². The van der Waals surface area contributed by atoms with Gasteiger partial charge in [0.15, 0.2) is 0 Å². The summed E-state index contributed by atoms with van der Waals surface area (Å²) >= 11 is 0. The molecule has 110 valence electrons. The molecule has 0 aliphatic heterocycles. The highest BCUT2D eigenvalue weighted by atomic mass is 14.8. The number of hydrogen-bond acceptors (Lipinski definition) is 1. The summed E-state index contributed by atoms with van der Waals surface area (Å²) in [6.07, 6.45) is 11.5. The first-order chi connectivity index (χ1) is 9.92. The Bertz CT molecular complexity index is 487. The first-order valence-corrected chi connectivity index (χ1v) is 8.17. The van der Waals surface area contributed by atoms with E-state index in [9.17, 15) is 0 Å². The zero-order valence-electron chi connectivity index (χ0n) is 12.8. The molecule has 0 aliphatic rings. The van der Waals surface area contributed by atoms with Gasteiger partial charge in [0.25, 0.3) is 0 Å². The Kier molecular flexibility index (Phi) is 6.65. The van der Waals surface area contributed by atoms with E-state index in [0.29, 0.717) is 0 Å². The van der Waals surface area contributed by atoms with Crippen molar-refractivity contribution in [2.45, 2.75) is 51.9 Å². The van der Waals surface area contributed by atoms with Crippen molar-refractivity contribution in [2.75, 3.05) is 13.1 Å². The number of aromatic nitrogens is 1. The molecule has 0 unspecified atom stereocenters. The van der Waals surface area contributed by atoms with Crippen LogP contribution >= 0.6 is 0 Å². The molecule has 0 saturated carbocycles. The van der Waals surface area contributed by atoms with E-state index >= 15 is 0 Å². The van der Waals surface area contributed by atoms with Crippen LogP contribution in [-0.2, 0) is 6.42 Å². The number of rotatable bonds is 10. The fourth-order valence-corrected chi connectivity index (χ4v) is 2.72. The summed E-state index contributed by atoms with van der Waals surface area (Å²) in [4.78, 5) is 3.34. The standard InChI is InChI=1S/C18H28N2/c1-2-3-4-5-6-9-13-19-14-12-16-15-20-18-11-8-7-10-17(16)18/h7-8,10-11,15,19-20H,2-6,9,12-14H2,1H3. The molecule has 2 nitrogen and oxygen atoms in total. The van der Waals surface area contributed by atoms with E-state index in [2.05, 4.69) is 47.7 Å². The third kappa shape index (κ3) is 4.68. The second-order valence-corrected chi connectivity index (χ2v) is 5.63. The minimum atomic E-state index is 1.08. The molecule has 2 aromatic rings. The van der Waals surface area contributed by atoms with Crippen LogP contribution in [-0.4, -0.2) is 18.1 Å². The van der Waals surface area contributed by atoms with Gasteiger partial charge in [0, 0.05) is 17.1 Å². The molecule has 0 amide bonds. The first kappa shape index (κ1) is 15.1. The molecule has 20 heavy (non-hydrogen) atoms. The van der Waals surface area contributed by atoms with Crippen LogP contribution in [0.15, 0.2) is 30.5 Å². The fourth-order valence-electron chi connectivity index (χ4n) is 2.72. The van der Waals surface area contributed by atoms with Crippen molar-refractivity contribution in [2.24, 2.45) is 0 Å². The molecule has 0 aliphatic carbocycles. The van der Waals surface area contributed by atoms with Crippen LogP contribution in [0, 0.1) is 0 Å². The summed E-state index contributed by atoms with van der Waals surface area (Å²) in [5, 5.41) is 4.93. The van der Waals surface area contributed by atoms with E-state index in [-0.39, 0.29) is 0 Å². The molecule has 0 atom stereocenters. The number of benzene rings is 1. The smallest absolute Gasteiger partial charge is 0.0456 e. The van der Waals surface area contributed by atoms with Gasteiger partial charge in [0.05, 0.1) is 0 Å². The maximum Gasteiger partial charge on any atom is 0.0456 e. The topological polar surface area (TPSA) is 27.8 Å². The molecule has 1 aromatic carbocycles. The average molecular weight is 272 g/mol. The van der Waals surface area contributed by atoms with Gasteiger partial charge in [0.2, 0.25) is 0 Å². The van der Waals surface area contributed by atoms with Gasteiger partial charge in [-0.1, -0.05) is 57.2 Å². The highest BCUT2D eigenvalue weighted by Gasteiger charge is 2.01. The Morgan fingerprint density at radius 2 is 1.75 bits per heavy atom. The Morgan fingerprint density at radius 1 is 0.950 bits per heavy atom. The minimum Gasteiger partial charge on any atom is -0.361 e. The molecular weight excluding hydrogens is 244 g/mol. The van der Waals surface area contributed by atoms with Gasteiger partial charge in [-0.3, -0.25) is 0 Å². The van der Waals surface area contributed by atoms with E-state index in [4.69, 9.17) is 0 Å². The number of para-hydroxylation sites is 1. The van der Waals surface area contributed by atoms with Crippen molar-refractivity contribution >= 4 is 10.9 Å². The summed E-state index contributed by atoms with van der Waals surface area (Å²) < 4.78 is 0. The zero-order valence-corrected chi connectivity index (χ0v) is 12.8. The van der Waals surface area contributed by atoms with Crippen LogP contribution in [0.4, 0.5) is 0 Å². The Balaban J connectivity index is 1.57. The van der Waals surface area contributed by atoms with E-state index in [1.807, 2.05) is 0 Å². The second kappa shape index (κ2) is 8.80. The summed E-state index contributed by atoms with van der Waals surface area (Å²) in [6.45, 7) is 4.51. The molecule has 0 bridgehead atoms. The van der Waals surface area contributed by atoms with E-state index in [0.717, 1.165) is 19.5 Å². The quantitative estimate of drug-likeness (QED) is 0.605. The van der Waals surface area contributed by atoms with Crippen molar-refractivity contribution < 1.29 is 0 Å². The molecule has 0 spiro atoms. The molecule has 0 radical (unpaired) electrons. The molecule has 0 fully saturated rings. The summed E-state index contributed by atoms with van der Waals surface area (Å²) in [7, 11) is 0. The maximum atomic E-state index is 3.57. The predicted molar refractivity (Wildman–Crippen MR) is 88.2 cm³/mol. The van der Waals surface area contributed by atoms with Gasteiger partial charge in [-0.05, 0) is 37.6 Å². The Hall–Kier alpha value is -1.28. The van der Waals surface area contributed by atoms with Crippen molar-refractivity contribution in [1.82, 2.24) is 10.3 Å². The van der Waals surface area contributed by atoms with Crippen LogP contribution in [0.25, 0.3) is 10.9 Å². The lowest BCUT2D eigenvalue weighted by atomic mass is 10.1. The van der Waals surface area contributed by atoms with Gasteiger partial charge in [-0.2, -0.15) is 0 Å². The third-order valence-electron chi connectivity index (χ3n) is 3.95. The molecule has 1 aromatic heterocycles. The lowest BCUT2D eigenvalue weighted by molar-refractivity contribution is 0.573. The van der Waals surface area contributed by atoms with E-state index in [1.165, 1.54) is 55.0 Å². The normalized spacial score (nSPS) is 11.2. The van der Waals surface area contributed by atoms with E-state index < -0.39 is 0 Å². The van der Waals surface area contributed by atoms with Gasteiger partial charge in [-0.25, -0.2) is 0 Å². The number of H-pyrrole nitrogens is 1. The highest BCUT2D eigenvalue weighted by molar-refractivity contribution is 5.83. The van der Waals surface area contributed by atoms with Gasteiger partial charge in [0.1, 0.15) is 0 Å². The largest absolute Gasteiger partial charge is 0.361 e. The monoisotopic (exact) mass is 272 g/mol. The molecular formula is C18H28N2. The van der Waals surface area contributed by atoms with E-state index in [1.54, 1.807) is 0 Å². The predicted octanol–water partition coefficient (Wildman–Crippen LogP) is 4.66. The first-order valence-electron chi connectivity index (χ1n) is 8.17. The lowest BCUT2D eigenvalue weighted by Crippen LogP contribution is -2.18. The average Bonchev–Trinajstić information content (AvgIpc) is 2.89. The number of nitrogens with one attached hydrogen (secondary N) is 2. The molecule has 1 heterocycles. The molecule has 2 N–H and O–H groups in total. The van der Waals surface area contributed by atoms with Crippen molar-refractivity contribution in [3.05, 3.63) is 36.0 Å². The number of unbranched alkanes of at least 4 members (excludes halogenated alkanes) is 5. The number of aromatic amines is 1. The van der Waals surface area contributed by atoms with Gasteiger partial charge in [-0.15, -0.1) is 0 Å². The van der Waals surface area contributed by atoms with Crippen molar-refractivity contribution in [3.8, 4) is 0 Å². The SMILES string of the molecule is CCCCCCCCNCCc1c[nH]c2ccccc12. The highest BCUT2D eigenvalue weighted by Crippen LogP contribution is 2.17. The Labute approximate surface area is 123 Å². The molecule has 2 heteroatoms. The van der Waals surface area contributed by atoms with Crippen LogP contribution in [0.5, 0.6) is 0 Å².